The summed E-state index contributed by atoms with van der Waals surface area (Å²) in [6.07, 6.45) is -3.08. The van der Waals surface area contributed by atoms with Gasteiger partial charge in [-0.25, -0.2) is 8.42 Å². The van der Waals surface area contributed by atoms with E-state index in [-0.39, 0.29) is 46.5 Å². The number of rotatable bonds is 9. The molecule has 2 aromatic rings. The molecule has 40 heavy (non-hydrogen) atoms. The van der Waals surface area contributed by atoms with E-state index in [0.29, 0.717) is 31.8 Å². The number of aliphatic hydroxyl groups excluding tert-OH is 1. The second kappa shape index (κ2) is 12.2. The molecule has 10 heteroatoms. The Morgan fingerprint density at radius 2 is 1.75 bits per heavy atom. The first kappa shape index (κ1) is 30.5. The molecule has 5 atom stereocenters. The van der Waals surface area contributed by atoms with Gasteiger partial charge in [0.2, 0.25) is 5.91 Å². The third-order valence-electron chi connectivity index (χ3n) is 8.70. The van der Waals surface area contributed by atoms with Crippen LogP contribution in [0.2, 0.25) is 0 Å². The Labute approximate surface area is 235 Å². The number of amides is 1. The van der Waals surface area contributed by atoms with Gasteiger partial charge in [-0.2, -0.15) is 13.2 Å². The van der Waals surface area contributed by atoms with Crippen LogP contribution in [-0.4, -0.2) is 66.7 Å². The molecular formula is C30H39F3N2O4S. The normalized spacial score (nSPS) is 25.1. The number of likely N-dealkylation sites (tertiary alicyclic amines) is 1. The molecule has 0 spiro atoms. The van der Waals surface area contributed by atoms with Crippen LogP contribution in [0.1, 0.15) is 63.2 Å². The van der Waals surface area contributed by atoms with Gasteiger partial charge < -0.3 is 14.9 Å². The molecular weight excluding hydrogens is 541 g/mol. The monoisotopic (exact) mass is 580 g/mol. The number of aliphatic hydroxyl groups is 1. The Hall–Kier alpha value is -2.43. The van der Waals surface area contributed by atoms with E-state index >= 15 is 0 Å². The predicted octanol–water partition coefficient (Wildman–Crippen LogP) is 5.33. The highest BCUT2D eigenvalue weighted by molar-refractivity contribution is 7.91. The van der Waals surface area contributed by atoms with Gasteiger partial charge in [-0.05, 0) is 88.7 Å². The molecule has 220 valence electrons. The molecule has 2 fully saturated rings. The van der Waals surface area contributed by atoms with Gasteiger partial charge in [0, 0.05) is 30.6 Å². The summed E-state index contributed by atoms with van der Waals surface area (Å²) < 4.78 is 66.2. The maximum Gasteiger partial charge on any atom is 0.416 e. The highest BCUT2D eigenvalue weighted by Gasteiger charge is 2.44. The standard InChI is InChI=1S/C30H39F3N2O4S/c1-20(2)34(3)25-12-13-27(23(17-25)19-40(38,39)26-10-5-4-6-11-26)35-15-14-22(29(35)37)18-28(36)21-8-7-9-24(16-21)30(31,32)33/h4-11,16,20,22-23,25,27-28,36H,12-15,17-19H2,1-3H3/t22?,23-,25+,27-,28+/m0/s1. The van der Waals surface area contributed by atoms with Crippen LogP contribution >= 0.6 is 0 Å². The lowest BCUT2D eigenvalue weighted by atomic mass is 9.80. The van der Waals surface area contributed by atoms with Crippen molar-refractivity contribution in [3.05, 3.63) is 65.7 Å². The molecule has 1 aliphatic carbocycles. The third-order valence-corrected chi connectivity index (χ3v) is 10.6. The molecule has 1 unspecified atom stereocenters. The fourth-order valence-electron chi connectivity index (χ4n) is 6.25. The van der Waals surface area contributed by atoms with Crippen LogP contribution in [-0.2, 0) is 20.8 Å². The lowest BCUT2D eigenvalue weighted by molar-refractivity contribution is -0.138. The second-order valence-electron chi connectivity index (χ2n) is 11.5. The average molecular weight is 581 g/mol. The van der Waals surface area contributed by atoms with Gasteiger partial charge in [0.15, 0.2) is 9.84 Å². The summed E-state index contributed by atoms with van der Waals surface area (Å²) >= 11 is 0. The minimum atomic E-state index is -4.52. The van der Waals surface area contributed by atoms with Crippen molar-refractivity contribution in [1.82, 2.24) is 9.80 Å². The predicted molar refractivity (Wildman–Crippen MR) is 147 cm³/mol. The topological polar surface area (TPSA) is 77.9 Å². The van der Waals surface area contributed by atoms with Gasteiger partial charge in [0.1, 0.15) is 0 Å². The minimum absolute atomic E-state index is 0.0229. The quantitative estimate of drug-likeness (QED) is 0.434. The second-order valence-corrected chi connectivity index (χ2v) is 13.6. The number of alkyl halides is 3. The zero-order valence-corrected chi connectivity index (χ0v) is 24.0. The highest BCUT2D eigenvalue weighted by atomic mass is 32.2. The van der Waals surface area contributed by atoms with Crippen LogP contribution in [0.4, 0.5) is 13.2 Å². The van der Waals surface area contributed by atoms with Crippen molar-refractivity contribution in [2.75, 3.05) is 19.3 Å². The van der Waals surface area contributed by atoms with E-state index in [9.17, 15) is 31.5 Å². The molecule has 6 nitrogen and oxygen atoms in total. The Balaban J connectivity index is 1.51. The number of hydrogen-bond acceptors (Lipinski definition) is 5. The van der Waals surface area contributed by atoms with Crippen molar-refractivity contribution >= 4 is 15.7 Å². The summed E-state index contributed by atoms with van der Waals surface area (Å²) in [6.45, 7) is 4.65. The third kappa shape index (κ3) is 6.89. The number of sulfone groups is 1. The SMILES string of the molecule is CC(C)N(C)[C@@H]1CC[C@H](N2CCC(C[C@@H](O)c3cccc(C(F)(F)F)c3)C2=O)[C@H](CS(=O)(=O)c2ccccc2)C1. The van der Waals surface area contributed by atoms with E-state index in [1.54, 1.807) is 35.2 Å². The zero-order valence-electron chi connectivity index (χ0n) is 23.2. The largest absolute Gasteiger partial charge is 0.416 e. The molecule has 0 bridgehead atoms. The van der Waals surface area contributed by atoms with E-state index in [4.69, 9.17) is 0 Å². The molecule has 0 radical (unpaired) electrons. The smallest absolute Gasteiger partial charge is 0.388 e. The van der Waals surface area contributed by atoms with E-state index in [2.05, 4.69) is 18.7 Å². The Morgan fingerprint density at radius 1 is 1.05 bits per heavy atom. The van der Waals surface area contributed by atoms with Crippen molar-refractivity contribution in [1.29, 1.82) is 0 Å². The molecule has 1 amide bonds. The molecule has 0 aromatic heterocycles. The van der Waals surface area contributed by atoms with Crippen molar-refractivity contribution in [3.8, 4) is 0 Å². The summed E-state index contributed by atoms with van der Waals surface area (Å²) in [5, 5.41) is 10.7. The Bertz CT molecular complexity index is 1270. The van der Waals surface area contributed by atoms with Gasteiger partial charge in [-0.1, -0.05) is 30.3 Å². The molecule has 1 aliphatic heterocycles. The number of carbonyl (C=O) groups is 1. The molecule has 2 aromatic carbocycles. The van der Waals surface area contributed by atoms with Crippen molar-refractivity contribution in [3.63, 3.8) is 0 Å². The van der Waals surface area contributed by atoms with Crippen molar-refractivity contribution in [2.45, 2.75) is 81.3 Å². The molecule has 1 saturated heterocycles. The molecule has 1 saturated carbocycles. The summed E-state index contributed by atoms with van der Waals surface area (Å²) in [5.41, 5.74) is -0.709. The van der Waals surface area contributed by atoms with Gasteiger partial charge in [0.25, 0.3) is 0 Å². The summed E-state index contributed by atoms with van der Waals surface area (Å²) in [6, 6.07) is 13.2. The van der Waals surface area contributed by atoms with Crippen LogP contribution in [0.25, 0.3) is 0 Å². The maximum absolute atomic E-state index is 13.6. The van der Waals surface area contributed by atoms with Gasteiger partial charge in [-0.15, -0.1) is 0 Å². The lowest BCUT2D eigenvalue weighted by Gasteiger charge is -2.44. The van der Waals surface area contributed by atoms with Crippen LogP contribution in [0.3, 0.4) is 0 Å². The van der Waals surface area contributed by atoms with E-state index < -0.39 is 33.6 Å². The maximum atomic E-state index is 13.6. The first-order valence-electron chi connectivity index (χ1n) is 13.9. The Morgan fingerprint density at radius 3 is 2.40 bits per heavy atom. The lowest BCUT2D eigenvalue weighted by Crippen LogP contribution is -2.51. The number of hydrogen-bond donors (Lipinski definition) is 1. The summed E-state index contributed by atoms with van der Waals surface area (Å²) in [4.78, 5) is 17.9. The van der Waals surface area contributed by atoms with Gasteiger partial charge >= 0.3 is 6.18 Å². The first-order chi connectivity index (χ1) is 18.8. The summed E-state index contributed by atoms with van der Waals surface area (Å²) in [7, 11) is -1.54. The van der Waals surface area contributed by atoms with Crippen molar-refractivity contribution in [2.24, 2.45) is 11.8 Å². The van der Waals surface area contributed by atoms with Crippen LogP contribution in [0.5, 0.6) is 0 Å². The zero-order chi connectivity index (χ0) is 29.2. The van der Waals surface area contributed by atoms with Gasteiger partial charge in [0.05, 0.1) is 22.3 Å². The van der Waals surface area contributed by atoms with Gasteiger partial charge in [-0.3, -0.25) is 4.79 Å². The van der Waals surface area contributed by atoms with E-state index in [1.165, 1.54) is 12.1 Å². The number of carbonyl (C=O) groups excluding carboxylic acids is 1. The first-order valence-corrected chi connectivity index (χ1v) is 15.6. The average Bonchev–Trinajstić information content (AvgIpc) is 3.27. The van der Waals surface area contributed by atoms with Crippen LogP contribution < -0.4 is 0 Å². The van der Waals surface area contributed by atoms with Crippen LogP contribution in [0, 0.1) is 11.8 Å². The van der Waals surface area contributed by atoms with E-state index in [0.717, 1.165) is 18.6 Å². The molecule has 4 rings (SSSR count). The number of halogens is 3. The van der Waals surface area contributed by atoms with Crippen LogP contribution in [0.15, 0.2) is 59.5 Å². The molecule has 1 heterocycles. The Kier molecular flexibility index (Phi) is 9.31. The minimum Gasteiger partial charge on any atom is -0.388 e. The fourth-order valence-corrected chi connectivity index (χ4v) is 7.94. The highest BCUT2D eigenvalue weighted by Crippen LogP contribution is 2.39. The fraction of sp³-hybridized carbons (Fsp3) is 0.567. The molecule has 1 N–H and O–H groups in total. The number of benzene rings is 2. The number of nitrogens with zero attached hydrogens (tertiary/aromatic N) is 2. The summed E-state index contributed by atoms with van der Waals surface area (Å²) in [5.74, 6) is -1.02. The van der Waals surface area contributed by atoms with Crippen molar-refractivity contribution < 1.29 is 31.5 Å². The molecule has 2 aliphatic rings. The van der Waals surface area contributed by atoms with E-state index in [1.807, 2.05) is 7.05 Å².